The lowest BCUT2D eigenvalue weighted by molar-refractivity contribution is 0.342. The number of nitrogens with zero attached hydrogens (tertiary/aromatic N) is 1. The van der Waals surface area contributed by atoms with E-state index in [4.69, 9.17) is 4.74 Å². The van der Waals surface area contributed by atoms with Gasteiger partial charge >= 0.3 is 0 Å². The Hall–Kier alpha value is -1.48. The molecule has 0 atom stereocenters. The van der Waals surface area contributed by atoms with Crippen LogP contribution in [-0.2, 0) is 13.1 Å². The van der Waals surface area contributed by atoms with E-state index in [-0.39, 0.29) is 0 Å². The van der Waals surface area contributed by atoms with Gasteiger partial charge in [-0.05, 0) is 19.1 Å². The maximum absolute atomic E-state index is 5.70. The van der Waals surface area contributed by atoms with Crippen LogP contribution < -0.4 is 10.1 Å². The number of para-hydroxylation sites is 1. The third-order valence-corrected chi connectivity index (χ3v) is 3.09. The molecule has 0 saturated carbocycles. The molecule has 2 aromatic rings. The molecule has 2 heterocycles. The monoisotopic (exact) mass is 216 g/mol. The van der Waals surface area contributed by atoms with Crippen molar-refractivity contribution in [3.05, 3.63) is 30.0 Å². The van der Waals surface area contributed by atoms with Gasteiger partial charge in [0.2, 0.25) is 0 Å². The van der Waals surface area contributed by atoms with Gasteiger partial charge in [-0.15, -0.1) is 0 Å². The SMILES string of the molecule is CCOc1cccc2cc3n(c12)CCNC3. The van der Waals surface area contributed by atoms with Gasteiger partial charge in [-0.2, -0.15) is 0 Å². The average Bonchev–Trinajstić information content (AvgIpc) is 2.68. The van der Waals surface area contributed by atoms with Gasteiger partial charge in [0.05, 0.1) is 12.1 Å². The molecule has 1 aliphatic heterocycles. The Kier molecular flexibility index (Phi) is 2.33. The summed E-state index contributed by atoms with van der Waals surface area (Å²) in [6.07, 6.45) is 0. The number of rotatable bonds is 2. The van der Waals surface area contributed by atoms with E-state index in [2.05, 4.69) is 34.1 Å². The molecule has 0 fully saturated rings. The minimum atomic E-state index is 0.720. The predicted octanol–water partition coefficient (Wildman–Crippen LogP) is 2.14. The van der Waals surface area contributed by atoms with Gasteiger partial charge in [0, 0.05) is 30.7 Å². The molecule has 1 N–H and O–H groups in total. The van der Waals surface area contributed by atoms with Crippen LogP contribution in [0.3, 0.4) is 0 Å². The highest BCUT2D eigenvalue weighted by molar-refractivity contribution is 5.87. The van der Waals surface area contributed by atoms with Crippen molar-refractivity contribution in [2.24, 2.45) is 0 Å². The van der Waals surface area contributed by atoms with Crippen LogP contribution in [0.4, 0.5) is 0 Å². The summed E-state index contributed by atoms with van der Waals surface area (Å²) in [5.41, 5.74) is 2.61. The molecule has 3 rings (SSSR count). The highest BCUT2D eigenvalue weighted by Gasteiger charge is 2.15. The van der Waals surface area contributed by atoms with Crippen molar-refractivity contribution in [2.45, 2.75) is 20.0 Å². The molecule has 0 radical (unpaired) electrons. The summed E-state index contributed by atoms with van der Waals surface area (Å²) in [6, 6.07) is 8.53. The highest BCUT2D eigenvalue weighted by Crippen LogP contribution is 2.29. The lowest BCUT2D eigenvalue weighted by Gasteiger charge is -2.18. The third-order valence-electron chi connectivity index (χ3n) is 3.09. The zero-order valence-corrected chi connectivity index (χ0v) is 9.49. The van der Waals surface area contributed by atoms with Gasteiger partial charge in [-0.1, -0.05) is 12.1 Å². The minimum Gasteiger partial charge on any atom is -0.492 e. The molecule has 3 heteroatoms. The summed E-state index contributed by atoms with van der Waals surface area (Å²) < 4.78 is 8.07. The fourth-order valence-electron chi connectivity index (χ4n) is 2.43. The van der Waals surface area contributed by atoms with Crippen molar-refractivity contribution in [3.63, 3.8) is 0 Å². The first kappa shape index (κ1) is 9.73. The van der Waals surface area contributed by atoms with Crippen molar-refractivity contribution in [3.8, 4) is 5.75 Å². The van der Waals surface area contributed by atoms with Crippen LogP contribution in [0.15, 0.2) is 24.3 Å². The summed E-state index contributed by atoms with van der Waals surface area (Å²) >= 11 is 0. The van der Waals surface area contributed by atoms with E-state index in [0.717, 1.165) is 32.0 Å². The predicted molar refractivity (Wildman–Crippen MR) is 64.8 cm³/mol. The first-order valence-corrected chi connectivity index (χ1v) is 5.85. The number of ether oxygens (including phenoxy) is 1. The molecule has 1 aliphatic rings. The Morgan fingerprint density at radius 3 is 3.25 bits per heavy atom. The highest BCUT2D eigenvalue weighted by atomic mass is 16.5. The molecule has 3 nitrogen and oxygen atoms in total. The zero-order valence-electron chi connectivity index (χ0n) is 9.49. The Morgan fingerprint density at radius 2 is 2.38 bits per heavy atom. The molecule has 0 unspecified atom stereocenters. The van der Waals surface area contributed by atoms with Gasteiger partial charge < -0.3 is 14.6 Å². The first-order chi connectivity index (χ1) is 7.90. The Morgan fingerprint density at radius 1 is 1.44 bits per heavy atom. The van der Waals surface area contributed by atoms with Crippen molar-refractivity contribution in [1.82, 2.24) is 9.88 Å². The second-order valence-corrected chi connectivity index (χ2v) is 4.09. The van der Waals surface area contributed by atoms with E-state index < -0.39 is 0 Å². The second kappa shape index (κ2) is 3.83. The second-order valence-electron chi connectivity index (χ2n) is 4.09. The van der Waals surface area contributed by atoms with Gasteiger partial charge in [-0.3, -0.25) is 0 Å². The number of hydrogen-bond acceptors (Lipinski definition) is 2. The fourth-order valence-corrected chi connectivity index (χ4v) is 2.43. The largest absolute Gasteiger partial charge is 0.492 e. The maximum Gasteiger partial charge on any atom is 0.143 e. The van der Waals surface area contributed by atoms with E-state index in [1.54, 1.807) is 0 Å². The van der Waals surface area contributed by atoms with Crippen LogP contribution in [0, 0.1) is 0 Å². The van der Waals surface area contributed by atoms with Crippen LogP contribution in [0.25, 0.3) is 10.9 Å². The minimum absolute atomic E-state index is 0.720. The van der Waals surface area contributed by atoms with Gasteiger partial charge in [0.25, 0.3) is 0 Å². The van der Waals surface area contributed by atoms with E-state index in [9.17, 15) is 0 Å². The molecule has 0 saturated heterocycles. The first-order valence-electron chi connectivity index (χ1n) is 5.85. The number of nitrogens with one attached hydrogen (secondary N) is 1. The standard InChI is InChI=1S/C13H16N2O/c1-2-16-12-5-3-4-10-8-11-9-14-6-7-15(11)13(10)12/h3-5,8,14H,2,6-7,9H2,1H3. The van der Waals surface area contributed by atoms with Crippen LogP contribution >= 0.6 is 0 Å². The van der Waals surface area contributed by atoms with Crippen molar-refractivity contribution in [2.75, 3.05) is 13.2 Å². The van der Waals surface area contributed by atoms with Crippen molar-refractivity contribution >= 4 is 10.9 Å². The molecule has 0 bridgehead atoms. The van der Waals surface area contributed by atoms with Crippen molar-refractivity contribution < 1.29 is 4.74 Å². The van der Waals surface area contributed by atoms with Gasteiger partial charge in [-0.25, -0.2) is 0 Å². The third kappa shape index (κ3) is 1.39. The molecule has 1 aromatic carbocycles. The molecule has 0 amide bonds. The zero-order chi connectivity index (χ0) is 11.0. The lowest BCUT2D eigenvalue weighted by Crippen LogP contribution is -2.27. The van der Waals surface area contributed by atoms with E-state index in [0.29, 0.717) is 0 Å². The topological polar surface area (TPSA) is 26.2 Å². The fraction of sp³-hybridized carbons (Fsp3) is 0.385. The Bertz CT molecular complexity index is 516. The van der Waals surface area contributed by atoms with E-state index in [1.165, 1.54) is 16.6 Å². The number of fused-ring (bicyclic) bond motifs is 3. The Labute approximate surface area is 95.0 Å². The van der Waals surface area contributed by atoms with E-state index in [1.807, 2.05) is 6.92 Å². The summed E-state index contributed by atoms with van der Waals surface area (Å²) in [6.45, 7) is 5.78. The molecule has 0 aliphatic carbocycles. The van der Waals surface area contributed by atoms with Crippen LogP contribution in [-0.4, -0.2) is 17.7 Å². The normalized spacial score (nSPS) is 15.1. The summed E-state index contributed by atoms with van der Waals surface area (Å²) in [5.74, 6) is 1.01. The summed E-state index contributed by atoms with van der Waals surface area (Å²) in [7, 11) is 0. The molecule has 0 spiro atoms. The molecule has 16 heavy (non-hydrogen) atoms. The van der Waals surface area contributed by atoms with Crippen LogP contribution in [0.2, 0.25) is 0 Å². The van der Waals surface area contributed by atoms with Crippen molar-refractivity contribution in [1.29, 1.82) is 0 Å². The van der Waals surface area contributed by atoms with Gasteiger partial charge in [0.1, 0.15) is 5.75 Å². The maximum atomic E-state index is 5.70. The van der Waals surface area contributed by atoms with E-state index >= 15 is 0 Å². The number of benzene rings is 1. The number of aromatic nitrogens is 1. The molecular formula is C13H16N2O. The van der Waals surface area contributed by atoms with Crippen LogP contribution in [0.5, 0.6) is 5.75 Å². The number of hydrogen-bond donors (Lipinski definition) is 1. The smallest absolute Gasteiger partial charge is 0.143 e. The Balaban J connectivity index is 2.23. The molecule has 1 aromatic heterocycles. The lowest BCUT2D eigenvalue weighted by atomic mass is 10.2. The summed E-state index contributed by atoms with van der Waals surface area (Å²) in [4.78, 5) is 0. The quantitative estimate of drug-likeness (QED) is 0.832. The average molecular weight is 216 g/mol. The molecule has 84 valence electrons. The van der Waals surface area contributed by atoms with Crippen LogP contribution in [0.1, 0.15) is 12.6 Å². The summed E-state index contributed by atoms with van der Waals surface area (Å²) in [5, 5.41) is 4.67. The molecular weight excluding hydrogens is 200 g/mol. The van der Waals surface area contributed by atoms with Gasteiger partial charge in [0.15, 0.2) is 0 Å².